The van der Waals surface area contributed by atoms with Crippen molar-refractivity contribution in [3.63, 3.8) is 0 Å². The Labute approximate surface area is 78.7 Å². The molecule has 0 aromatic carbocycles. The van der Waals surface area contributed by atoms with Crippen LogP contribution in [-0.4, -0.2) is 16.4 Å². The van der Waals surface area contributed by atoms with E-state index in [0.29, 0.717) is 0 Å². The molecule has 0 aromatic rings. The second-order valence-electron chi connectivity index (χ2n) is 0. The van der Waals surface area contributed by atoms with E-state index in [-0.39, 0.29) is 78.6 Å². The first kappa shape index (κ1) is 785. The van der Waals surface area contributed by atoms with Gasteiger partial charge in [0.05, 0.1) is 0 Å². The molecule has 0 atom stereocenters. The molecule has 9 heteroatoms. The van der Waals surface area contributed by atoms with Crippen molar-refractivity contribution >= 4 is 0 Å². The minimum absolute atomic E-state index is 0. The Morgan fingerprint density at radius 3 is 0.556 bits per heavy atom. The van der Waals surface area contributed by atoms with Gasteiger partial charge in [-0.15, -0.1) is 0 Å². The standard InChI is InChI=1S/3H2O.4O.Ti.V/h3*1H2;;;;;;/q;;;4*-2;+4;/p-1. The molecule has 0 aromatic heterocycles. The van der Waals surface area contributed by atoms with Crippen LogP contribution in [0.2, 0.25) is 0 Å². The quantitative estimate of drug-likeness (QED) is 0.401. The van der Waals surface area contributed by atoms with E-state index in [2.05, 4.69) is 0 Å². The van der Waals surface area contributed by atoms with E-state index in [0.717, 1.165) is 0 Å². The summed E-state index contributed by atoms with van der Waals surface area (Å²) >= 11 is 0. The largest absolute Gasteiger partial charge is 4.00 e. The Balaban J connectivity index is 0. The fourth-order valence-corrected chi connectivity index (χ4v) is 0. The van der Waals surface area contributed by atoms with E-state index < -0.39 is 0 Å². The van der Waals surface area contributed by atoms with Crippen LogP contribution >= 0.6 is 0 Å². The summed E-state index contributed by atoms with van der Waals surface area (Å²) in [5, 5.41) is 0. The van der Waals surface area contributed by atoms with Crippen LogP contribution in [0.3, 0.4) is 0 Å². The zero-order valence-corrected chi connectivity index (χ0v) is 6.99. The van der Waals surface area contributed by atoms with Crippen LogP contribution in [0, 0.1) is 0 Å². The van der Waals surface area contributed by atoms with Crippen LogP contribution in [0.1, 0.15) is 0 Å². The van der Waals surface area contributed by atoms with Gasteiger partial charge in [0.25, 0.3) is 0 Å². The van der Waals surface area contributed by atoms with E-state index in [1.165, 1.54) is 0 Å². The van der Waals surface area contributed by atoms with Crippen molar-refractivity contribution in [2.24, 2.45) is 0 Å². The molecule has 0 amide bonds. The Bertz CT molecular complexity index is 8.88. The molecule has 0 fully saturated rings. The first-order chi connectivity index (χ1) is 0. The average Bonchev–Trinajstić information content (AvgIpc) is 0. The molecule has 0 unspecified atom stereocenters. The first-order valence-corrected chi connectivity index (χ1v) is 0. The summed E-state index contributed by atoms with van der Waals surface area (Å²) in [7, 11) is 0. The summed E-state index contributed by atoms with van der Waals surface area (Å²) in [5.74, 6) is 0. The molecule has 61 valence electrons. The Morgan fingerprint density at radius 1 is 0.556 bits per heavy atom. The fourth-order valence-electron chi connectivity index (χ4n) is 0. The van der Waals surface area contributed by atoms with E-state index in [1.807, 2.05) is 0 Å². The minimum Gasteiger partial charge on any atom is -2.00 e. The van der Waals surface area contributed by atoms with Crippen molar-refractivity contribution in [3.8, 4) is 0 Å². The van der Waals surface area contributed by atoms with Gasteiger partial charge in [0.15, 0.2) is 0 Å². The van der Waals surface area contributed by atoms with Gasteiger partial charge in [-0.3, -0.25) is 0 Å². The Morgan fingerprint density at radius 2 is 0.556 bits per heavy atom. The van der Waals surface area contributed by atoms with E-state index >= 15 is 0 Å². The SMILES string of the molecule is O.O.[O-2].[O-2].[O-2].[O-2].[OH-].[Ti+4].[V]. The summed E-state index contributed by atoms with van der Waals surface area (Å²) in [5.41, 5.74) is 0. The molecule has 0 aliphatic rings. The van der Waals surface area contributed by atoms with Crippen molar-refractivity contribution in [1.29, 1.82) is 0 Å². The van der Waals surface area contributed by atoms with Gasteiger partial charge in [-0.05, 0) is 0 Å². The zero-order chi connectivity index (χ0) is 0. The van der Waals surface area contributed by atoms with E-state index in [1.54, 1.807) is 0 Å². The molecule has 0 heterocycles. The molecule has 0 bridgehead atoms. The Hall–Kier alpha value is 1.02. The first-order valence-electron chi connectivity index (χ1n) is 0. The maximum Gasteiger partial charge on any atom is 4.00 e. The van der Waals surface area contributed by atoms with Crippen molar-refractivity contribution in [2.45, 2.75) is 0 Å². The van der Waals surface area contributed by atoms with E-state index in [4.69, 9.17) is 0 Å². The fraction of sp³-hybridized carbons (Fsp3) is 0. The molecule has 0 saturated carbocycles. The van der Waals surface area contributed by atoms with Crippen LogP contribution in [-0.2, 0) is 62.2 Å². The molecule has 0 aliphatic heterocycles. The topological polar surface area (TPSA) is 207 Å². The molecule has 0 saturated heterocycles. The number of rotatable bonds is 0. The monoisotopic (exact) mass is 216 g/mol. The molecular formula is H5O7TiV-5. The predicted molar refractivity (Wildman–Crippen MR) is 11.9 cm³/mol. The smallest absolute Gasteiger partial charge is 2.00 e. The van der Waals surface area contributed by atoms with Gasteiger partial charge in [-0.2, -0.15) is 0 Å². The third-order valence-electron chi connectivity index (χ3n) is 0. The second-order valence-corrected chi connectivity index (χ2v) is 0. The van der Waals surface area contributed by atoms with Gasteiger partial charge in [-0.25, -0.2) is 0 Å². The van der Waals surface area contributed by atoms with Crippen molar-refractivity contribution in [3.05, 3.63) is 0 Å². The van der Waals surface area contributed by atoms with Crippen molar-refractivity contribution < 1.29 is 78.6 Å². The van der Waals surface area contributed by atoms with Gasteiger partial charge >= 0.3 is 21.7 Å². The van der Waals surface area contributed by atoms with Crippen LogP contribution in [0.5, 0.6) is 0 Å². The van der Waals surface area contributed by atoms with Crippen molar-refractivity contribution in [1.82, 2.24) is 0 Å². The Kier molecular flexibility index (Phi) is 48800. The third kappa shape index (κ3) is 428. The van der Waals surface area contributed by atoms with Crippen LogP contribution < -0.4 is 0 Å². The molecular weight excluding hydrogens is 211 g/mol. The molecule has 9 heavy (non-hydrogen) atoms. The maximum absolute atomic E-state index is 0. The van der Waals surface area contributed by atoms with Gasteiger partial charge in [0.2, 0.25) is 0 Å². The molecule has 0 aliphatic carbocycles. The van der Waals surface area contributed by atoms with Gasteiger partial charge in [0.1, 0.15) is 0 Å². The third-order valence-corrected chi connectivity index (χ3v) is 0. The van der Waals surface area contributed by atoms with Gasteiger partial charge in [0, 0.05) is 18.6 Å². The minimum atomic E-state index is 0. The van der Waals surface area contributed by atoms with Crippen LogP contribution in [0.15, 0.2) is 0 Å². The number of hydrogen-bond acceptors (Lipinski definition) is 1. The molecule has 0 rings (SSSR count). The summed E-state index contributed by atoms with van der Waals surface area (Å²) in [6, 6.07) is 0. The zero-order valence-electron chi connectivity index (χ0n) is 4.03. The van der Waals surface area contributed by atoms with Crippen LogP contribution in [0.4, 0.5) is 0 Å². The van der Waals surface area contributed by atoms with Crippen molar-refractivity contribution in [2.75, 3.05) is 0 Å². The van der Waals surface area contributed by atoms with Crippen LogP contribution in [0.25, 0.3) is 0 Å². The summed E-state index contributed by atoms with van der Waals surface area (Å²) in [6.45, 7) is 0. The summed E-state index contributed by atoms with van der Waals surface area (Å²) in [4.78, 5) is 0. The molecule has 7 nitrogen and oxygen atoms in total. The molecule has 5 N–H and O–H groups in total. The predicted octanol–water partition coefficient (Wildman–Crippen LogP) is -2.31. The number of hydrogen-bond donors (Lipinski definition) is 0. The molecule has 0 spiro atoms. The average molecular weight is 216 g/mol. The van der Waals surface area contributed by atoms with Gasteiger partial charge < -0.3 is 38.3 Å². The van der Waals surface area contributed by atoms with Gasteiger partial charge in [-0.1, -0.05) is 0 Å². The molecule has 1 radical (unpaired) electrons. The summed E-state index contributed by atoms with van der Waals surface area (Å²) in [6.07, 6.45) is 0. The maximum atomic E-state index is 0. The second kappa shape index (κ2) is 559. The van der Waals surface area contributed by atoms with E-state index in [9.17, 15) is 0 Å². The normalized spacial score (nSPS) is 0. The summed E-state index contributed by atoms with van der Waals surface area (Å²) < 4.78 is 0.